The van der Waals surface area contributed by atoms with Crippen molar-refractivity contribution in [3.05, 3.63) is 72.1 Å². The first-order valence-electron chi connectivity index (χ1n) is 14.7. The smallest absolute Gasteiger partial charge is 0.229 e. The lowest BCUT2D eigenvalue weighted by Gasteiger charge is -2.35. The van der Waals surface area contributed by atoms with E-state index in [0.717, 1.165) is 49.0 Å². The van der Waals surface area contributed by atoms with Crippen molar-refractivity contribution >= 4 is 33.6 Å². The number of likely N-dealkylation sites (tertiary alicyclic amines) is 1. The highest BCUT2D eigenvalue weighted by Gasteiger charge is 2.37. The van der Waals surface area contributed by atoms with Crippen molar-refractivity contribution in [1.82, 2.24) is 29.0 Å². The molecule has 1 aliphatic carbocycles. The number of halogens is 1. The molecule has 9 heteroatoms. The number of nitrogens with zero attached hydrogens (tertiary/aromatic N) is 6. The van der Waals surface area contributed by atoms with Crippen molar-refractivity contribution < 1.29 is 9.50 Å². The molecule has 0 amide bonds. The van der Waals surface area contributed by atoms with E-state index >= 15 is 0 Å². The Morgan fingerprint density at radius 2 is 1.95 bits per heavy atom. The van der Waals surface area contributed by atoms with Gasteiger partial charge in [0, 0.05) is 60.4 Å². The second-order valence-electron chi connectivity index (χ2n) is 11.8. The van der Waals surface area contributed by atoms with Gasteiger partial charge >= 0.3 is 0 Å². The molecular formula is C32H36FN7O. The molecule has 1 aromatic carbocycles. The zero-order valence-corrected chi connectivity index (χ0v) is 23.8. The summed E-state index contributed by atoms with van der Waals surface area (Å²) in [5.74, 6) is 0.488. The van der Waals surface area contributed by atoms with E-state index in [1.807, 2.05) is 25.1 Å². The minimum atomic E-state index is -0.947. The van der Waals surface area contributed by atoms with Crippen LogP contribution >= 0.6 is 0 Å². The van der Waals surface area contributed by atoms with Crippen LogP contribution in [0, 0.1) is 5.82 Å². The van der Waals surface area contributed by atoms with Crippen LogP contribution in [0.2, 0.25) is 0 Å². The van der Waals surface area contributed by atoms with Gasteiger partial charge in [0.15, 0.2) is 11.5 Å². The van der Waals surface area contributed by atoms with Gasteiger partial charge in [-0.25, -0.2) is 14.4 Å². The topological polar surface area (TPSA) is 84.0 Å². The largest absolute Gasteiger partial charge is 0.384 e. The van der Waals surface area contributed by atoms with Gasteiger partial charge in [0.05, 0.1) is 11.1 Å². The number of hydrogen-bond acceptors (Lipinski definition) is 6. The molecule has 5 heterocycles. The quantitative estimate of drug-likeness (QED) is 0.259. The average molecular weight is 554 g/mol. The van der Waals surface area contributed by atoms with E-state index in [1.54, 1.807) is 4.57 Å². The van der Waals surface area contributed by atoms with E-state index in [1.165, 1.54) is 17.9 Å². The molecule has 212 valence electrons. The molecular weight excluding hydrogens is 517 g/mol. The van der Waals surface area contributed by atoms with Gasteiger partial charge in [0.1, 0.15) is 11.4 Å². The summed E-state index contributed by atoms with van der Waals surface area (Å²) in [6.45, 7) is 8.76. The van der Waals surface area contributed by atoms with Gasteiger partial charge in [-0.05, 0) is 81.8 Å². The lowest BCUT2D eigenvalue weighted by molar-refractivity contribution is 0.0306. The monoisotopic (exact) mass is 553 g/mol. The van der Waals surface area contributed by atoms with E-state index < -0.39 is 11.4 Å². The standard InChI is InChI=1S/C32H36FN7O/c1-4-32(41)13-9-21-5-8-28(36-29(21)32)40-19-26(33)25-18-34-31(37-30(25)40)35-23-6-7-27-22(17-23)10-16-39(27)24-11-14-38(15-12-24)20(2)3/h5-8,10,16-20,24,41H,4,9,11-15H2,1-3H3,(H,34,35,37)/t32-/m1/s1. The van der Waals surface area contributed by atoms with E-state index in [4.69, 9.17) is 4.98 Å². The highest BCUT2D eigenvalue weighted by molar-refractivity contribution is 5.85. The summed E-state index contributed by atoms with van der Waals surface area (Å²) in [6.07, 6.45) is 9.42. The molecule has 7 rings (SSSR count). The maximum absolute atomic E-state index is 14.9. The van der Waals surface area contributed by atoms with Crippen LogP contribution in [0.15, 0.2) is 55.0 Å². The number of aliphatic hydroxyl groups is 1. The normalized spacial score (nSPS) is 20.0. The molecule has 0 spiro atoms. The van der Waals surface area contributed by atoms with Crippen molar-refractivity contribution in [3.8, 4) is 5.82 Å². The molecule has 0 unspecified atom stereocenters. The Labute approximate surface area is 238 Å². The molecule has 0 radical (unpaired) electrons. The molecule has 8 nitrogen and oxygen atoms in total. The molecule has 2 N–H and O–H groups in total. The number of nitrogens with one attached hydrogen (secondary N) is 1. The minimum absolute atomic E-state index is 0.319. The van der Waals surface area contributed by atoms with Gasteiger partial charge in [-0.1, -0.05) is 13.0 Å². The third kappa shape index (κ3) is 4.48. The second kappa shape index (κ2) is 9.92. The lowest BCUT2D eigenvalue weighted by atomic mass is 9.98. The van der Waals surface area contributed by atoms with Gasteiger partial charge in [-0.15, -0.1) is 0 Å². The zero-order valence-electron chi connectivity index (χ0n) is 23.8. The van der Waals surface area contributed by atoms with Gasteiger partial charge < -0.3 is 19.9 Å². The fourth-order valence-electron chi connectivity index (χ4n) is 6.59. The fraction of sp³-hybridized carbons (Fsp3) is 0.406. The molecule has 0 bridgehead atoms. The first-order valence-corrected chi connectivity index (χ1v) is 14.7. The van der Waals surface area contributed by atoms with Crippen LogP contribution in [0.4, 0.5) is 16.0 Å². The number of rotatable bonds is 6. The molecule has 5 aromatic rings. The van der Waals surface area contributed by atoms with Crippen LogP contribution in [0.1, 0.15) is 63.8 Å². The number of aromatic nitrogens is 5. The number of aryl methyl sites for hydroxylation is 1. The van der Waals surface area contributed by atoms with Crippen LogP contribution in [-0.4, -0.2) is 53.2 Å². The Morgan fingerprint density at radius 1 is 1.12 bits per heavy atom. The summed E-state index contributed by atoms with van der Waals surface area (Å²) < 4.78 is 19.0. The maximum Gasteiger partial charge on any atom is 0.229 e. The Bertz CT molecular complexity index is 1750. The summed E-state index contributed by atoms with van der Waals surface area (Å²) >= 11 is 0. The molecule has 2 aliphatic rings. The van der Waals surface area contributed by atoms with E-state index in [2.05, 4.69) is 63.0 Å². The Morgan fingerprint density at radius 3 is 2.73 bits per heavy atom. The van der Waals surface area contributed by atoms with Crippen molar-refractivity contribution in [2.75, 3.05) is 18.4 Å². The number of anilines is 2. The molecule has 1 fully saturated rings. The van der Waals surface area contributed by atoms with Crippen LogP contribution < -0.4 is 5.32 Å². The van der Waals surface area contributed by atoms with Crippen molar-refractivity contribution in [2.24, 2.45) is 0 Å². The molecule has 1 saturated heterocycles. The highest BCUT2D eigenvalue weighted by atomic mass is 19.1. The third-order valence-corrected chi connectivity index (χ3v) is 9.14. The van der Waals surface area contributed by atoms with Crippen LogP contribution in [0.5, 0.6) is 0 Å². The molecule has 1 atom stereocenters. The first kappa shape index (κ1) is 26.1. The summed E-state index contributed by atoms with van der Waals surface area (Å²) in [4.78, 5) is 16.4. The summed E-state index contributed by atoms with van der Waals surface area (Å²) in [5, 5.41) is 15.8. The number of fused-ring (bicyclic) bond motifs is 3. The summed E-state index contributed by atoms with van der Waals surface area (Å²) in [7, 11) is 0. The van der Waals surface area contributed by atoms with E-state index in [9.17, 15) is 9.50 Å². The zero-order chi connectivity index (χ0) is 28.3. The predicted molar refractivity (Wildman–Crippen MR) is 159 cm³/mol. The number of benzene rings is 1. The maximum atomic E-state index is 14.9. The Balaban J connectivity index is 1.16. The third-order valence-electron chi connectivity index (χ3n) is 9.14. The molecule has 41 heavy (non-hydrogen) atoms. The minimum Gasteiger partial charge on any atom is -0.384 e. The second-order valence-corrected chi connectivity index (χ2v) is 11.8. The van der Waals surface area contributed by atoms with Gasteiger partial charge in [0.2, 0.25) is 5.95 Å². The van der Waals surface area contributed by atoms with Crippen molar-refractivity contribution in [1.29, 1.82) is 0 Å². The number of pyridine rings is 1. The summed E-state index contributed by atoms with van der Waals surface area (Å²) in [6, 6.07) is 13.4. The van der Waals surface area contributed by atoms with Gasteiger partial charge in [0.25, 0.3) is 0 Å². The average Bonchev–Trinajstić information content (AvgIpc) is 3.66. The highest BCUT2D eigenvalue weighted by Crippen LogP contribution is 2.39. The van der Waals surface area contributed by atoms with Crippen LogP contribution in [0.25, 0.3) is 27.8 Å². The van der Waals surface area contributed by atoms with Gasteiger partial charge in [-0.2, -0.15) is 4.98 Å². The fourth-order valence-corrected chi connectivity index (χ4v) is 6.59. The Hall–Kier alpha value is -3.82. The Kier molecular flexibility index (Phi) is 6.32. The van der Waals surface area contributed by atoms with Crippen molar-refractivity contribution in [2.45, 2.75) is 70.6 Å². The SMILES string of the molecule is CC[C@@]1(O)CCc2ccc(-n3cc(F)c4cnc(Nc5ccc6c(ccn6C6CCN(C(C)C)CC6)c5)nc43)nc21. The van der Waals surface area contributed by atoms with E-state index in [0.29, 0.717) is 53.4 Å². The number of hydrogen-bond donors (Lipinski definition) is 2. The van der Waals surface area contributed by atoms with E-state index in [-0.39, 0.29) is 0 Å². The predicted octanol–water partition coefficient (Wildman–Crippen LogP) is 6.24. The molecule has 4 aromatic heterocycles. The van der Waals surface area contributed by atoms with Gasteiger partial charge in [-0.3, -0.25) is 4.57 Å². The molecule has 0 saturated carbocycles. The summed E-state index contributed by atoms with van der Waals surface area (Å²) in [5.41, 5.74) is 3.28. The number of piperidine rings is 1. The lowest BCUT2D eigenvalue weighted by Crippen LogP contribution is -2.38. The van der Waals surface area contributed by atoms with Crippen LogP contribution in [-0.2, 0) is 12.0 Å². The molecule has 1 aliphatic heterocycles. The van der Waals surface area contributed by atoms with Crippen LogP contribution in [0.3, 0.4) is 0 Å². The van der Waals surface area contributed by atoms with Crippen molar-refractivity contribution in [3.63, 3.8) is 0 Å². The first-order chi connectivity index (χ1) is 19.8.